The van der Waals surface area contributed by atoms with Crippen LogP contribution in [0.4, 0.5) is 0 Å². The number of nitrogens with one attached hydrogen (secondary N) is 1. The third-order valence-corrected chi connectivity index (χ3v) is 8.37. The number of carboxylic acids is 1. The lowest BCUT2D eigenvalue weighted by Crippen LogP contribution is -2.42. The SMILES string of the molecule is Cn1c(C(C)(C)NC(=O)c2ccc3c(C4CCCC4)c(-c4ccoc4)n(C)c3c2)nc2cc(/C=C/C(=O)O)ccc21. The van der Waals surface area contributed by atoms with Crippen LogP contribution in [-0.4, -0.2) is 31.1 Å². The predicted octanol–water partition coefficient (Wildman–Crippen LogP) is 6.75. The van der Waals surface area contributed by atoms with Crippen molar-refractivity contribution >= 4 is 39.9 Å². The Labute approximate surface area is 238 Å². The van der Waals surface area contributed by atoms with E-state index in [2.05, 4.69) is 23.0 Å². The summed E-state index contributed by atoms with van der Waals surface area (Å²) in [5, 5.41) is 13.3. The highest BCUT2D eigenvalue weighted by Gasteiger charge is 2.31. The molecule has 8 heteroatoms. The molecule has 1 fully saturated rings. The fraction of sp³-hybridized carbons (Fsp3) is 0.303. The molecule has 0 aliphatic heterocycles. The van der Waals surface area contributed by atoms with Crippen LogP contribution in [0, 0.1) is 0 Å². The van der Waals surface area contributed by atoms with E-state index in [1.54, 1.807) is 18.6 Å². The first-order chi connectivity index (χ1) is 19.6. The quantitative estimate of drug-likeness (QED) is 0.218. The fourth-order valence-corrected chi connectivity index (χ4v) is 6.44. The number of carboxylic acid groups (broad SMARTS) is 1. The number of aliphatic carboxylic acids is 1. The first kappa shape index (κ1) is 26.6. The number of nitrogens with zero attached hydrogens (tertiary/aromatic N) is 3. The molecule has 3 aromatic heterocycles. The molecule has 1 amide bonds. The molecule has 5 aromatic rings. The molecule has 3 heterocycles. The van der Waals surface area contributed by atoms with Gasteiger partial charge in [-0.1, -0.05) is 25.0 Å². The van der Waals surface area contributed by atoms with E-state index >= 15 is 0 Å². The first-order valence-corrected chi connectivity index (χ1v) is 14.0. The van der Waals surface area contributed by atoms with Crippen molar-refractivity contribution < 1.29 is 19.1 Å². The molecule has 1 aliphatic rings. The zero-order valence-electron chi connectivity index (χ0n) is 23.8. The number of hydrogen-bond acceptors (Lipinski definition) is 4. The third-order valence-electron chi connectivity index (χ3n) is 8.37. The number of amides is 1. The molecule has 2 aromatic carbocycles. The van der Waals surface area contributed by atoms with Crippen molar-refractivity contribution in [2.24, 2.45) is 14.1 Å². The third kappa shape index (κ3) is 4.73. The van der Waals surface area contributed by atoms with Gasteiger partial charge in [-0.05, 0) is 80.1 Å². The lowest BCUT2D eigenvalue weighted by Gasteiger charge is -2.26. The van der Waals surface area contributed by atoms with E-state index in [0.717, 1.165) is 39.4 Å². The zero-order valence-corrected chi connectivity index (χ0v) is 23.8. The van der Waals surface area contributed by atoms with Gasteiger partial charge >= 0.3 is 5.97 Å². The largest absolute Gasteiger partial charge is 0.478 e. The van der Waals surface area contributed by atoms with Gasteiger partial charge in [0, 0.05) is 42.2 Å². The average molecular weight is 551 g/mol. The highest BCUT2D eigenvalue weighted by molar-refractivity contribution is 6.01. The Morgan fingerprint density at radius 3 is 2.54 bits per heavy atom. The number of imidazole rings is 1. The first-order valence-electron chi connectivity index (χ1n) is 14.0. The number of aryl methyl sites for hydroxylation is 2. The van der Waals surface area contributed by atoms with Crippen LogP contribution in [0.2, 0.25) is 0 Å². The highest BCUT2D eigenvalue weighted by Crippen LogP contribution is 2.44. The smallest absolute Gasteiger partial charge is 0.328 e. The number of furan rings is 1. The van der Waals surface area contributed by atoms with Gasteiger partial charge in [0.1, 0.15) is 5.82 Å². The summed E-state index contributed by atoms with van der Waals surface area (Å²) in [6, 6.07) is 13.6. The average Bonchev–Trinajstić information content (AvgIpc) is 3.74. The number of benzene rings is 2. The summed E-state index contributed by atoms with van der Waals surface area (Å²) in [6.45, 7) is 3.88. The summed E-state index contributed by atoms with van der Waals surface area (Å²) in [4.78, 5) is 29.4. The van der Waals surface area contributed by atoms with Crippen molar-refractivity contribution in [2.45, 2.75) is 51.0 Å². The zero-order chi connectivity index (χ0) is 28.9. The summed E-state index contributed by atoms with van der Waals surface area (Å²) in [6.07, 6.45) is 11.0. The Bertz CT molecular complexity index is 1820. The van der Waals surface area contributed by atoms with Crippen LogP contribution in [-0.2, 0) is 24.4 Å². The van der Waals surface area contributed by atoms with Gasteiger partial charge in [-0.15, -0.1) is 0 Å². The van der Waals surface area contributed by atoms with E-state index in [1.165, 1.54) is 36.6 Å². The lowest BCUT2D eigenvalue weighted by atomic mass is 9.92. The monoisotopic (exact) mass is 550 g/mol. The summed E-state index contributed by atoms with van der Waals surface area (Å²) >= 11 is 0. The molecule has 0 bridgehead atoms. The van der Waals surface area contributed by atoms with E-state index in [1.807, 2.05) is 61.9 Å². The maximum Gasteiger partial charge on any atom is 0.328 e. The van der Waals surface area contributed by atoms with E-state index in [0.29, 0.717) is 17.3 Å². The van der Waals surface area contributed by atoms with Crippen LogP contribution in [0.25, 0.3) is 39.3 Å². The molecule has 0 spiro atoms. The second-order valence-electron chi connectivity index (χ2n) is 11.5. The number of fused-ring (bicyclic) bond motifs is 2. The maximum atomic E-state index is 13.7. The van der Waals surface area contributed by atoms with Gasteiger partial charge in [0.15, 0.2) is 0 Å². The van der Waals surface area contributed by atoms with Gasteiger partial charge in [0.25, 0.3) is 5.91 Å². The summed E-state index contributed by atoms with van der Waals surface area (Å²) < 4.78 is 9.60. The molecular formula is C33H34N4O4. The number of carbonyl (C=O) groups excluding carboxylic acids is 1. The second kappa shape index (κ2) is 10.1. The standard InChI is InChI=1S/C33H34N4O4/c1-33(2,32-34-25-17-20(10-14-28(38)39)9-13-26(25)37(32)4)35-31(40)22-11-12-24-27(18-22)36(3)30(23-15-16-41-19-23)29(24)21-7-5-6-8-21/h9-19,21H,5-8H2,1-4H3,(H,35,40)(H,38,39)/b14-10+. The molecule has 1 aliphatic carbocycles. The molecule has 0 unspecified atom stereocenters. The Morgan fingerprint density at radius 2 is 1.83 bits per heavy atom. The van der Waals surface area contributed by atoms with Crippen molar-refractivity contribution in [2.75, 3.05) is 0 Å². The Morgan fingerprint density at radius 1 is 1.05 bits per heavy atom. The van der Waals surface area contributed by atoms with Crippen LogP contribution >= 0.6 is 0 Å². The lowest BCUT2D eigenvalue weighted by molar-refractivity contribution is -0.131. The molecule has 0 radical (unpaired) electrons. The minimum absolute atomic E-state index is 0.178. The minimum Gasteiger partial charge on any atom is -0.478 e. The summed E-state index contributed by atoms with van der Waals surface area (Å²) in [5.74, 6) is 0.0185. The van der Waals surface area contributed by atoms with E-state index in [4.69, 9.17) is 14.5 Å². The molecule has 0 saturated heterocycles. The van der Waals surface area contributed by atoms with Crippen molar-refractivity contribution in [3.05, 3.63) is 83.6 Å². The number of rotatable bonds is 7. The molecular weight excluding hydrogens is 516 g/mol. The number of aromatic nitrogens is 3. The van der Waals surface area contributed by atoms with Gasteiger partial charge in [-0.25, -0.2) is 9.78 Å². The van der Waals surface area contributed by atoms with Crippen molar-refractivity contribution in [1.82, 2.24) is 19.4 Å². The molecule has 6 rings (SSSR count). The Hall–Kier alpha value is -4.59. The summed E-state index contributed by atoms with van der Waals surface area (Å²) in [7, 11) is 3.98. The van der Waals surface area contributed by atoms with Crippen molar-refractivity contribution in [1.29, 1.82) is 0 Å². The number of hydrogen-bond donors (Lipinski definition) is 2. The van der Waals surface area contributed by atoms with Crippen LogP contribution < -0.4 is 5.32 Å². The van der Waals surface area contributed by atoms with Crippen LogP contribution in [0.1, 0.15) is 72.8 Å². The molecule has 8 nitrogen and oxygen atoms in total. The van der Waals surface area contributed by atoms with E-state index < -0.39 is 11.5 Å². The molecule has 1 saturated carbocycles. The molecule has 2 N–H and O–H groups in total. The fourth-order valence-electron chi connectivity index (χ4n) is 6.44. The van der Waals surface area contributed by atoms with Crippen LogP contribution in [0.5, 0.6) is 0 Å². The van der Waals surface area contributed by atoms with E-state index in [-0.39, 0.29) is 5.91 Å². The Balaban J connectivity index is 1.33. The predicted molar refractivity (Wildman–Crippen MR) is 160 cm³/mol. The van der Waals surface area contributed by atoms with Gasteiger partial charge in [0.2, 0.25) is 0 Å². The topological polar surface area (TPSA) is 102 Å². The molecule has 210 valence electrons. The van der Waals surface area contributed by atoms with Crippen molar-refractivity contribution in [3.63, 3.8) is 0 Å². The maximum absolute atomic E-state index is 13.7. The Kier molecular flexibility index (Phi) is 6.56. The van der Waals surface area contributed by atoms with Crippen LogP contribution in [0.15, 0.2) is 65.5 Å². The minimum atomic E-state index is -1.00. The molecule has 41 heavy (non-hydrogen) atoms. The van der Waals surface area contributed by atoms with Crippen molar-refractivity contribution in [3.8, 4) is 11.3 Å². The van der Waals surface area contributed by atoms with E-state index in [9.17, 15) is 9.59 Å². The van der Waals surface area contributed by atoms with Gasteiger partial charge in [-0.2, -0.15) is 0 Å². The van der Waals surface area contributed by atoms with Crippen LogP contribution in [0.3, 0.4) is 0 Å². The summed E-state index contributed by atoms with van der Waals surface area (Å²) in [5.41, 5.74) is 6.78. The van der Waals surface area contributed by atoms with Gasteiger partial charge < -0.3 is 24.0 Å². The highest BCUT2D eigenvalue weighted by atomic mass is 16.4. The van der Waals surface area contributed by atoms with Gasteiger partial charge in [-0.3, -0.25) is 4.79 Å². The molecule has 0 atom stereocenters. The second-order valence-corrected chi connectivity index (χ2v) is 11.5. The number of carbonyl (C=O) groups is 2. The normalized spacial score (nSPS) is 14.5. The van der Waals surface area contributed by atoms with Gasteiger partial charge in [0.05, 0.1) is 34.8 Å².